The van der Waals surface area contributed by atoms with Gasteiger partial charge < -0.3 is 24.8 Å². The molecule has 0 amide bonds. The second-order valence-corrected chi connectivity index (χ2v) is 7.17. The number of thioether (sulfide) groups is 1. The number of benzene rings is 1. The first kappa shape index (κ1) is 23.0. The van der Waals surface area contributed by atoms with Crippen LogP contribution in [0.1, 0.15) is 18.4 Å². The number of guanidine groups is 1. The number of rotatable bonds is 8. The normalized spacial score (nSPS) is 16.6. The summed E-state index contributed by atoms with van der Waals surface area (Å²) in [7, 11) is 6.69. The van der Waals surface area contributed by atoms with Crippen molar-refractivity contribution in [2.24, 2.45) is 4.99 Å². The van der Waals surface area contributed by atoms with Gasteiger partial charge in [-0.2, -0.15) is 11.8 Å². The van der Waals surface area contributed by atoms with E-state index in [1.54, 1.807) is 28.4 Å². The molecule has 6 nitrogen and oxygen atoms in total. The molecule has 26 heavy (non-hydrogen) atoms. The van der Waals surface area contributed by atoms with Gasteiger partial charge in [0.25, 0.3) is 0 Å². The molecule has 0 spiro atoms. The molecule has 1 aromatic rings. The van der Waals surface area contributed by atoms with Crippen LogP contribution in [0.3, 0.4) is 0 Å². The van der Waals surface area contributed by atoms with Gasteiger partial charge in [0.1, 0.15) is 0 Å². The van der Waals surface area contributed by atoms with Crippen molar-refractivity contribution >= 4 is 41.7 Å². The summed E-state index contributed by atoms with van der Waals surface area (Å²) < 4.78 is 16.3. The van der Waals surface area contributed by atoms with E-state index >= 15 is 0 Å². The molecule has 1 fully saturated rings. The molecule has 0 aliphatic carbocycles. The minimum atomic E-state index is 0. The fraction of sp³-hybridized carbons (Fsp3) is 0.611. The molecular weight excluding hydrogens is 465 g/mol. The maximum atomic E-state index is 5.53. The standard InChI is InChI=1S/C18H29N3O3S.HI/c1-19-18(21-12-14-6-5-11-25-14)20-10-9-13-7-8-15(22-2)17(24-4)16(13)23-3;/h7-8,14H,5-6,9-12H2,1-4H3,(H2,19,20,21);1H. The Balaban J connectivity index is 0.00000338. The molecule has 1 aliphatic heterocycles. The highest BCUT2D eigenvalue weighted by molar-refractivity contribution is 14.0. The van der Waals surface area contributed by atoms with E-state index in [1.165, 1.54) is 18.6 Å². The first-order valence-electron chi connectivity index (χ1n) is 8.57. The largest absolute Gasteiger partial charge is 0.493 e. The summed E-state index contributed by atoms with van der Waals surface area (Å²) in [6, 6.07) is 3.91. The van der Waals surface area contributed by atoms with Gasteiger partial charge >= 0.3 is 0 Å². The molecule has 2 rings (SSSR count). The molecule has 0 radical (unpaired) electrons. The summed E-state index contributed by atoms with van der Waals surface area (Å²) >= 11 is 2.04. The van der Waals surface area contributed by atoms with E-state index in [0.29, 0.717) is 22.5 Å². The molecule has 0 saturated carbocycles. The van der Waals surface area contributed by atoms with E-state index in [1.807, 2.05) is 23.9 Å². The van der Waals surface area contributed by atoms with E-state index < -0.39 is 0 Å². The minimum absolute atomic E-state index is 0. The molecular formula is C18H30IN3O3S. The number of hydrogen-bond donors (Lipinski definition) is 2. The summed E-state index contributed by atoms with van der Waals surface area (Å²) in [4.78, 5) is 4.29. The van der Waals surface area contributed by atoms with Crippen LogP contribution in [-0.2, 0) is 6.42 Å². The Morgan fingerprint density at radius 2 is 1.92 bits per heavy atom. The number of methoxy groups -OCH3 is 3. The van der Waals surface area contributed by atoms with Crippen LogP contribution >= 0.6 is 35.7 Å². The number of nitrogens with one attached hydrogen (secondary N) is 2. The highest BCUT2D eigenvalue weighted by atomic mass is 127. The highest BCUT2D eigenvalue weighted by Gasteiger charge is 2.17. The van der Waals surface area contributed by atoms with E-state index in [4.69, 9.17) is 14.2 Å². The molecule has 1 heterocycles. The zero-order valence-electron chi connectivity index (χ0n) is 16.0. The monoisotopic (exact) mass is 495 g/mol. The lowest BCUT2D eigenvalue weighted by Gasteiger charge is -2.17. The van der Waals surface area contributed by atoms with Gasteiger partial charge in [-0.15, -0.1) is 24.0 Å². The fourth-order valence-electron chi connectivity index (χ4n) is 2.91. The predicted octanol–water partition coefficient (Wildman–Crippen LogP) is 2.93. The van der Waals surface area contributed by atoms with Gasteiger partial charge in [-0.25, -0.2) is 0 Å². The van der Waals surface area contributed by atoms with Crippen LogP contribution in [0.2, 0.25) is 0 Å². The van der Waals surface area contributed by atoms with Crippen LogP contribution < -0.4 is 24.8 Å². The van der Waals surface area contributed by atoms with Gasteiger partial charge in [0.15, 0.2) is 17.5 Å². The smallest absolute Gasteiger partial charge is 0.203 e. The average molecular weight is 495 g/mol. The van der Waals surface area contributed by atoms with Crippen molar-refractivity contribution in [1.82, 2.24) is 10.6 Å². The Bertz CT molecular complexity index is 581. The molecule has 0 aromatic heterocycles. The average Bonchev–Trinajstić information content (AvgIpc) is 3.17. The van der Waals surface area contributed by atoms with Gasteiger partial charge in [-0.05, 0) is 31.1 Å². The van der Waals surface area contributed by atoms with Gasteiger partial charge in [-0.3, -0.25) is 4.99 Å². The molecule has 2 N–H and O–H groups in total. The lowest BCUT2D eigenvalue weighted by molar-refractivity contribution is 0.322. The zero-order chi connectivity index (χ0) is 18.1. The number of aliphatic imine (C=N–C) groups is 1. The van der Waals surface area contributed by atoms with Gasteiger partial charge in [0.05, 0.1) is 21.3 Å². The van der Waals surface area contributed by atoms with Crippen LogP contribution in [0.15, 0.2) is 17.1 Å². The third-order valence-corrected chi connectivity index (χ3v) is 5.62. The molecule has 1 saturated heterocycles. The van der Waals surface area contributed by atoms with Crippen molar-refractivity contribution < 1.29 is 14.2 Å². The maximum Gasteiger partial charge on any atom is 0.203 e. The van der Waals surface area contributed by atoms with Crippen LogP contribution in [-0.4, -0.2) is 58.4 Å². The van der Waals surface area contributed by atoms with Crippen molar-refractivity contribution in [1.29, 1.82) is 0 Å². The maximum absolute atomic E-state index is 5.53. The Morgan fingerprint density at radius 1 is 1.15 bits per heavy atom. The van der Waals surface area contributed by atoms with E-state index in [-0.39, 0.29) is 24.0 Å². The first-order chi connectivity index (χ1) is 12.2. The Labute approximate surface area is 177 Å². The number of hydrogen-bond acceptors (Lipinski definition) is 5. The lowest BCUT2D eigenvalue weighted by Crippen LogP contribution is -2.40. The zero-order valence-corrected chi connectivity index (χ0v) is 19.1. The van der Waals surface area contributed by atoms with Crippen LogP contribution in [0.25, 0.3) is 0 Å². The third-order valence-electron chi connectivity index (χ3n) is 4.22. The van der Waals surface area contributed by atoms with Crippen LogP contribution in [0, 0.1) is 0 Å². The van der Waals surface area contributed by atoms with Crippen molar-refractivity contribution in [3.8, 4) is 17.2 Å². The third kappa shape index (κ3) is 6.29. The van der Waals surface area contributed by atoms with E-state index in [0.717, 1.165) is 31.0 Å². The number of nitrogens with zero attached hydrogens (tertiary/aromatic N) is 1. The SMILES string of the molecule is CN=C(NCCc1ccc(OC)c(OC)c1OC)NCC1CCCS1.I. The second kappa shape index (κ2) is 12.4. The summed E-state index contributed by atoms with van der Waals surface area (Å²) in [5.41, 5.74) is 1.06. The lowest BCUT2D eigenvalue weighted by atomic mass is 10.1. The van der Waals surface area contributed by atoms with E-state index in [9.17, 15) is 0 Å². The summed E-state index contributed by atoms with van der Waals surface area (Å²) in [6.07, 6.45) is 3.40. The minimum Gasteiger partial charge on any atom is -0.493 e. The molecule has 0 bridgehead atoms. The fourth-order valence-corrected chi connectivity index (χ4v) is 4.11. The predicted molar refractivity (Wildman–Crippen MR) is 120 cm³/mol. The number of ether oxygens (including phenoxy) is 3. The van der Waals surface area contributed by atoms with E-state index in [2.05, 4.69) is 15.6 Å². The van der Waals surface area contributed by atoms with Crippen molar-refractivity contribution in [3.63, 3.8) is 0 Å². The van der Waals surface area contributed by atoms with Crippen LogP contribution in [0.4, 0.5) is 0 Å². The molecule has 1 aromatic carbocycles. The van der Waals surface area contributed by atoms with Gasteiger partial charge in [0.2, 0.25) is 5.75 Å². The molecule has 1 atom stereocenters. The Morgan fingerprint density at radius 3 is 2.50 bits per heavy atom. The Hall–Kier alpha value is -1.03. The highest BCUT2D eigenvalue weighted by Crippen LogP contribution is 2.39. The summed E-state index contributed by atoms with van der Waals surface area (Å²) in [5, 5.41) is 7.47. The number of halogens is 1. The quantitative estimate of drug-likeness (QED) is 0.329. The molecule has 148 valence electrons. The van der Waals surface area contributed by atoms with Gasteiger partial charge in [0, 0.05) is 31.0 Å². The molecule has 8 heteroatoms. The van der Waals surface area contributed by atoms with Crippen LogP contribution in [0.5, 0.6) is 17.2 Å². The molecule has 1 aliphatic rings. The first-order valence-corrected chi connectivity index (χ1v) is 9.62. The van der Waals surface area contributed by atoms with Crippen molar-refractivity contribution in [2.75, 3.05) is 47.2 Å². The topological polar surface area (TPSA) is 64.1 Å². The molecule has 1 unspecified atom stereocenters. The second-order valence-electron chi connectivity index (χ2n) is 5.76. The van der Waals surface area contributed by atoms with Gasteiger partial charge in [-0.1, -0.05) is 6.07 Å². The van der Waals surface area contributed by atoms with Crippen molar-refractivity contribution in [3.05, 3.63) is 17.7 Å². The summed E-state index contributed by atoms with van der Waals surface area (Å²) in [5.74, 6) is 4.13. The Kier molecular flexibility index (Phi) is 11.0. The summed E-state index contributed by atoms with van der Waals surface area (Å²) in [6.45, 7) is 1.72. The van der Waals surface area contributed by atoms with Crippen molar-refractivity contribution in [2.45, 2.75) is 24.5 Å².